The van der Waals surface area contributed by atoms with Crippen molar-refractivity contribution in [2.75, 3.05) is 13.2 Å². The summed E-state index contributed by atoms with van der Waals surface area (Å²) in [4.78, 5) is 0. The van der Waals surface area contributed by atoms with E-state index in [0.29, 0.717) is 12.6 Å². The molecule has 1 aliphatic carbocycles. The van der Waals surface area contributed by atoms with Crippen molar-refractivity contribution < 1.29 is 9.47 Å². The second-order valence-corrected chi connectivity index (χ2v) is 5.73. The van der Waals surface area contributed by atoms with Crippen LogP contribution in [0.15, 0.2) is 24.3 Å². The third-order valence-corrected chi connectivity index (χ3v) is 4.04. The van der Waals surface area contributed by atoms with E-state index in [1.807, 2.05) is 31.2 Å². The van der Waals surface area contributed by atoms with E-state index in [0.717, 1.165) is 24.5 Å². The quantitative estimate of drug-likeness (QED) is 0.765. The average molecular weight is 291 g/mol. The van der Waals surface area contributed by atoms with Gasteiger partial charge in [-0.05, 0) is 51.3 Å². The van der Waals surface area contributed by atoms with Crippen molar-refractivity contribution in [3.8, 4) is 11.5 Å². The number of hydrogen-bond donors (Lipinski definition) is 1. The molecule has 0 aromatic heterocycles. The molecule has 1 aromatic rings. The first-order valence-electron chi connectivity index (χ1n) is 8.47. The highest BCUT2D eigenvalue weighted by Crippen LogP contribution is 2.30. The van der Waals surface area contributed by atoms with Crippen LogP contribution >= 0.6 is 0 Å². The predicted octanol–water partition coefficient (Wildman–Crippen LogP) is 4.17. The highest BCUT2D eigenvalue weighted by atomic mass is 16.5. The molecular formula is C18H29NO2. The number of ether oxygens (including phenoxy) is 2. The van der Waals surface area contributed by atoms with Gasteiger partial charge in [-0.2, -0.15) is 0 Å². The second-order valence-electron chi connectivity index (χ2n) is 5.73. The van der Waals surface area contributed by atoms with Gasteiger partial charge < -0.3 is 14.8 Å². The van der Waals surface area contributed by atoms with Crippen LogP contribution in [0.2, 0.25) is 0 Å². The van der Waals surface area contributed by atoms with E-state index in [1.165, 1.54) is 32.1 Å². The van der Waals surface area contributed by atoms with Crippen LogP contribution < -0.4 is 14.8 Å². The first-order chi connectivity index (χ1) is 10.3. The van der Waals surface area contributed by atoms with Gasteiger partial charge in [-0.1, -0.05) is 31.9 Å². The van der Waals surface area contributed by atoms with Crippen LogP contribution in [0.4, 0.5) is 0 Å². The van der Waals surface area contributed by atoms with Crippen LogP contribution in [0.1, 0.15) is 52.4 Å². The number of rotatable bonds is 7. The highest BCUT2D eigenvalue weighted by Gasteiger charge is 2.25. The maximum absolute atomic E-state index is 6.34. The Morgan fingerprint density at radius 1 is 1.05 bits per heavy atom. The fraction of sp³-hybridized carbons (Fsp3) is 0.667. The minimum Gasteiger partial charge on any atom is -0.490 e. The van der Waals surface area contributed by atoms with E-state index in [2.05, 4.69) is 12.2 Å². The topological polar surface area (TPSA) is 30.5 Å². The number of nitrogens with one attached hydrogen (secondary N) is 1. The van der Waals surface area contributed by atoms with E-state index in [4.69, 9.17) is 9.47 Å². The summed E-state index contributed by atoms with van der Waals surface area (Å²) in [6, 6.07) is 8.49. The molecule has 1 saturated carbocycles. The van der Waals surface area contributed by atoms with Gasteiger partial charge in [-0.15, -0.1) is 0 Å². The SMILES string of the molecule is CCCNC1CCCCCC1Oc1ccccc1OCC. The monoisotopic (exact) mass is 291 g/mol. The van der Waals surface area contributed by atoms with Gasteiger partial charge in [0.2, 0.25) is 0 Å². The lowest BCUT2D eigenvalue weighted by molar-refractivity contribution is 0.138. The minimum absolute atomic E-state index is 0.251. The third kappa shape index (κ3) is 4.92. The molecular weight excluding hydrogens is 262 g/mol. The lowest BCUT2D eigenvalue weighted by Gasteiger charge is -2.27. The molecule has 1 aromatic carbocycles. The van der Waals surface area contributed by atoms with E-state index in [1.54, 1.807) is 0 Å². The van der Waals surface area contributed by atoms with Crippen molar-refractivity contribution in [1.82, 2.24) is 5.32 Å². The van der Waals surface area contributed by atoms with Gasteiger partial charge in [0.25, 0.3) is 0 Å². The van der Waals surface area contributed by atoms with Crippen LogP contribution in [0, 0.1) is 0 Å². The zero-order valence-corrected chi connectivity index (χ0v) is 13.4. The van der Waals surface area contributed by atoms with Crippen molar-refractivity contribution in [2.24, 2.45) is 0 Å². The Hall–Kier alpha value is -1.22. The molecule has 2 rings (SSSR count). The molecule has 0 bridgehead atoms. The first kappa shape index (κ1) is 16.2. The number of hydrogen-bond acceptors (Lipinski definition) is 3. The molecule has 0 amide bonds. The maximum Gasteiger partial charge on any atom is 0.161 e. The number of para-hydroxylation sites is 2. The summed E-state index contributed by atoms with van der Waals surface area (Å²) < 4.78 is 12.0. The Morgan fingerprint density at radius 3 is 2.57 bits per heavy atom. The summed E-state index contributed by atoms with van der Waals surface area (Å²) in [6.07, 6.45) is 7.63. The Kier molecular flexibility index (Phi) is 6.87. The van der Waals surface area contributed by atoms with Gasteiger partial charge in [0.1, 0.15) is 6.10 Å². The molecule has 1 N–H and O–H groups in total. The molecule has 0 aliphatic heterocycles. The van der Waals surface area contributed by atoms with Crippen LogP contribution in [-0.2, 0) is 0 Å². The molecule has 3 nitrogen and oxygen atoms in total. The average Bonchev–Trinajstić information content (AvgIpc) is 2.73. The van der Waals surface area contributed by atoms with Gasteiger partial charge in [0.05, 0.1) is 6.61 Å². The Labute approximate surface area is 129 Å². The Morgan fingerprint density at radius 2 is 1.81 bits per heavy atom. The summed E-state index contributed by atoms with van der Waals surface area (Å²) in [5.41, 5.74) is 0. The van der Waals surface area contributed by atoms with Crippen molar-refractivity contribution in [3.05, 3.63) is 24.3 Å². The summed E-state index contributed by atoms with van der Waals surface area (Å²) in [5, 5.41) is 3.67. The molecule has 21 heavy (non-hydrogen) atoms. The van der Waals surface area contributed by atoms with Crippen LogP contribution in [0.25, 0.3) is 0 Å². The molecule has 118 valence electrons. The van der Waals surface area contributed by atoms with Gasteiger partial charge >= 0.3 is 0 Å². The molecule has 0 radical (unpaired) electrons. The molecule has 2 unspecified atom stereocenters. The molecule has 1 aliphatic rings. The maximum atomic E-state index is 6.34. The van der Waals surface area contributed by atoms with Gasteiger partial charge in [0.15, 0.2) is 11.5 Å². The van der Waals surface area contributed by atoms with E-state index < -0.39 is 0 Å². The Bertz CT molecular complexity index is 408. The second kappa shape index (κ2) is 8.93. The smallest absolute Gasteiger partial charge is 0.161 e. The van der Waals surface area contributed by atoms with Gasteiger partial charge in [0, 0.05) is 6.04 Å². The molecule has 3 heteroatoms. The van der Waals surface area contributed by atoms with E-state index >= 15 is 0 Å². The molecule has 0 saturated heterocycles. The van der Waals surface area contributed by atoms with Crippen molar-refractivity contribution in [2.45, 2.75) is 64.5 Å². The predicted molar refractivity (Wildman–Crippen MR) is 87.2 cm³/mol. The summed E-state index contributed by atoms with van der Waals surface area (Å²) in [7, 11) is 0. The molecule has 0 spiro atoms. The fourth-order valence-corrected chi connectivity index (χ4v) is 2.96. The van der Waals surface area contributed by atoms with Crippen LogP contribution in [0.5, 0.6) is 11.5 Å². The van der Waals surface area contributed by atoms with Gasteiger partial charge in [-0.25, -0.2) is 0 Å². The minimum atomic E-state index is 0.251. The van der Waals surface area contributed by atoms with Crippen LogP contribution in [0.3, 0.4) is 0 Å². The van der Waals surface area contributed by atoms with Crippen molar-refractivity contribution >= 4 is 0 Å². The van der Waals surface area contributed by atoms with Crippen molar-refractivity contribution in [3.63, 3.8) is 0 Å². The van der Waals surface area contributed by atoms with Crippen LogP contribution in [-0.4, -0.2) is 25.3 Å². The first-order valence-corrected chi connectivity index (χ1v) is 8.47. The Balaban J connectivity index is 2.06. The summed E-state index contributed by atoms with van der Waals surface area (Å²) in [5.74, 6) is 1.74. The summed E-state index contributed by atoms with van der Waals surface area (Å²) in [6.45, 7) is 5.96. The fourth-order valence-electron chi connectivity index (χ4n) is 2.96. The zero-order chi connectivity index (χ0) is 14.9. The largest absolute Gasteiger partial charge is 0.490 e. The third-order valence-electron chi connectivity index (χ3n) is 4.04. The molecule has 2 atom stereocenters. The zero-order valence-electron chi connectivity index (χ0n) is 13.4. The lowest BCUT2D eigenvalue weighted by atomic mass is 10.1. The normalized spacial score (nSPS) is 22.6. The van der Waals surface area contributed by atoms with Gasteiger partial charge in [-0.3, -0.25) is 0 Å². The summed E-state index contributed by atoms with van der Waals surface area (Å²) >= 11 is 0. The van der Waals surface area contributed by atoms with E-state index in [9.17, 15) is 0 Å². The highest BCUT2D eigenvalue weighted by molar-refractivity contribution is 5.39. The van der Waals surface area contributed by atoms with E-state index in [-0.39, 0.29) is 6.10 Å². The molecule has 1 fully saturated rings. The lowest BCUT2D eigenvalue weighted by Crippen LogP contribution is -2.42. The van der Waals surface area contributed by atoms with Crippen molar-refractivity contribution in [1.29, 1.82) is 0 Å². The molecule has 0 heterocycles. The number of benzene rings is 1. The standard InChI is InChI=1S/C18H29NO2/c1-3-14-19-15-10-6-5-7-11-16(15)21-18-13-9-8-12-17(18)20-4-2/h8-9,12-13,15-16,19H,3-7,10-11,14H2,1-2H3.